The topological polar surface area (TPSA) is 253 Å². The quantitative estimate of drug-likeness (QED) is 0.0685. The average Bonchev–Trinajstić information content (AvgIpc) is 3.89. The van der Waals surface area contributed by atoms with Crippen LogP contribution in [-0.4, -0.2) is 118 Å². The fraction of sp³-hybridized carbons (Fsp3) is 0.625. The number of carbonyl (C=O) groups excluding carboxylic acids is 6. The lowest BCUT2D eigenvalue weighted by Crippen LogP contribution is -2.58. The van der Waals surface area contributed by atoms with Crippen molar-refractivity contribution in [2.45, 2.75) is 134 Å². The fourth-order valence-corrected chi connectivity index (χ4v) is 6.66. The molecule has 1 aliphatic heterocycles. The number of aliphatic hydroxyl groups excluding tert-OH is 2. The summed E-state index contributed by atoms with van der Waals surface area (Å²) in [5, 5.41) is 38.8. The summed E-state index contributed by atoms with van der Waals surface area (Å²) in [6.07, 6.45) is 1.89. The van der Waals surface area contributed by atoms with Gasteiger partial charge in [0.2, 0.25) is 29.5 Å². The van der Waals surface area contributed by atoms with Gasteiger partial charge in [0.1, 0.15) is 18.1 Å². The molecule has 57 heavy (non-hydrogen) atoms. The molecular weight excluding hydrogens is 736 g/mol. The number of aliphatic hydroxyl groups is 2. The second-order valence-electron chi connectivity index (χ2n) is 15.6. The van der Waals surface area contributed by atoms with E-state index in [1.165, 1.54) is 26.6 Å². The maximum Gasteiger partial charge on any atom is 0.308 e. The number of hydrogen-bond donors (Lipinski definition) is 9. The Balaban J connectivity index is 1.72. The van der Waals surface area contributed by atoms with E-state index in [9.17, 15) is 39.0 Å². The molecule has 0 aliphatic carbocycles. The number of aromatic amines is 1. The van der Waals surface area contributed by atoms with E-state index in [0.717, 1.165) is 12.0 Å². The molecule has 0 bridgehead atoms. The zero-order chi connectivity index (χ0) is 42.1. The van der Waals surface area contributed by atoms with E-state index in [1.807, 2.05) is 58.0 Å². The summed E-state index contributed by atoms with van der Waals surface area (Å²) in [4.78, 5) is 86.0. The van der Waals surface area contributed by atoms with Gasteiger partial charge in [-0.1, -0.05) is 58.0 Å². The summed E-state index contributed by atoms with van der Waals surface area (Å²) in [6.45, 7) is 9.72. The van der Waals surface area contributed by atoms with Gasteiger partial charge in [0.15, 0.2) is 0 Å². The van der Waals surface area contributed by atoms with E-state index in [-0.39, 0.29) is 43.4 Å². The van der Waals surface area contributed by atoms with Crippen LogP contribution in [-0.2, 0) is 46.3 Å². The van der Waals surface area contributed by atoms with Crippen molar-refractivity contribution in [3.05, 3.63) is 54.1 Å². The number of benzene rings is 1. The first kappa shape index (κ1) is 46.5. The minimum absolute atomic E-state index is 0.0114. The summed E-state index contributed by atoms with van der Waals surface area (Å²) in [5.41, 5.74) is 1.36. The lowest BCUT2D eigenvalue weighted by molar-refractivity contribution is -0.144. The highest BCUT2D eigenvalue weighted by molar-refractivity contribution is 5.93. The number of carbonyl (C=O) groups is 6. The van der Waals surface area contributed by atoms with Crippen molar-refractivity contribution < 1.29 is 43.7 Å². The number of nitrogens with one attached hydrogen (secondary N) is 7. The van der Waals surface area contributed by atoms with Gasteiger partial charge in [0.05, 0.1) is 56.6 Å². The van der Waals surface area contributed by atoms with E-state index < -0.39 is 84.5 Å². The molecule has 0 radical (unpaired) electrons. The minimum Gasteiger partial charge on any atom is -0.469 e. The molecule has 1 fully saturated rings. The van der Waals surface area contributed by atoms with Crippen LogP contribution in [0.1, 0.15) is 84.4 Å². The third kappa shape index (κ3) is 16.3. The fourth-order valence-electron chi connectivity index (χ4n) is 6.66. The van der Waals surface area contributed by atoms with Gasteiger partial charge in [0, 0.05) is 24.7 Å². The summed E-state index contributed by atoms with van der Waals surface area (Å²) in [6, 6.07) is 3.84. The predicted octanol–water partition coefficient (Wildman–Crippen LogP) is 0.158. The largest absolute Gasteiger partial charge is 0.469 e. The van der Waals surface area contributed by atoms with Gasteiger partial charge in [-0.25, -0.2) is 4.98 Å². The van der Waals surface area contributed by atoms with Crippen molar-refractivity contribution in [3.63, 3.8) is 0 Å². The number of H-pyrrole nitrogens is 1. The third-order valence-corrected chi connectivity index (χ3v) is 9.71. The normalized spacial score (nSPS) is 17.7. The summed E-state index contributed by atoms with van der Waals surface area (Å²) >= 11 is 0. The molecule has 1 aromatic carbocycles. The standard InChI is InChI=1S/C40H62N8O9/c1-23(2)15-29(33(49)19-35(51)44-25(5)37(53)45-30(16-24(3)4)34(50)20-36(52)57-6)46-40(56)32(18-27-21-41-22-43-27)48-39(55)31(17-26-11-8-7-9-12-26)47-38(54)28-13-10-14-42-28/h7-9,11-12,21-25,28-34,42,49-50H,10,13-20H2,1-6H3,(H,41,43)(H,44,51)(H,45,53)(H,46,56)(H,47,54)(H,48,55)/t25-,28-,29-,30-,31-,32-,33-,34-/m0/s1. The number of amides is 5. The molecule has 3 rings (SSSR count). The molecule has 316 valence electrons. The smallest absolute Gasteiger partial charge is 0.308 e. The third-order valence-electron chi connectivity index (χ3n) is 9.71. The molecule has 2 aromatic rings. The van der Waals surface area contributed by atoms with Crippen LogP contribution in [0.3, 0.4) is 0 Å². The van der Waals surface area contributed by atoms with Crippen LogP contribution in [0.25, 0.3) is 0 Å². The molecule has 17 nitrogen and oxygen atoms in total. The van der Waals surface area contributed by atoms with E-state index in [4.69, 9.17) is 0 Å². The summed E-state index contributed by atoms with van der Waals surface area (Å²) in [5.74, 6) is -3.37. The van der Waals surface area contributed by atoms with Crippen LogP contribution in [0, 0.1) is 11.8 Å². The van der Waals surface area contributed by atoms with Crippen LogP contribution in [0.5, 0.6) is 0 Å². The molecule has 5 amide bonds. The SMILES string of the molecule is COC(=O)C[C@H](O)[C@H](CC(C)C)NC(=O)[C@H](C)NC(=O)C[C@H](O)[C@H](CC(C)C)NC(=O)[C@H](Cc1cnc[nH]1)NC(=O)[C@H](Cc1ccccc1)NC(=O)[C@@H]1CCCN1. The van der Waals surface area contributed by atoms with Crippen molar-refractivity contribution in [1.29, 1.82) is 0 Å². The van der Waals surface area contributed by atoms with Crippen LogP contribution in [0.2, 0.25) is 0 Å². The number of rotatable bonds is 23. The van der Waals surface area contributed by atoms with Gasteiger partial charge in [0.25, 0.3) is 0 Å². The van der Waals surface area contributed by atoms with Gasteiger partial charge in [-0.2, -0.15) is 0 Å². The number of imidazole rings is 1. The maximum absolute atomic E-state index is 14.0. The molecule has 0 unspecified atom stereocenters. The molecule has 1 saturated heterocycles. The van der Waals surface area contributed by atoms with E-state index in [0.29, 0.717) is 25.1 Å². The molecule has 17 heteroatoms. The highest BCUT2D eigenvalue weighted by Crippen LogP contribution is 2.15. The van der Waals surface area contributed by atoms with Crippen LogP contribution in [0.15, 0.2) is 42.9 Å². The van der Waals surface area contributed by atoms with Crippen LogP contribution in [0.4, 0.5) is 0 Å². The molecule has 8 atom stereocenters. The zero-order valence-electron chi connectivity index (χ0n) is 33.9. The van der Waals surface area contributed by atoms with Crippen molar-refractivity contribution in [3.8, 4) is 0 Å². The Morgan fingerprint density at radius 1 is 0.789 bits per heavy atom. The number of aromatic nitrogens is 2. The number of hydrogen-bond acceptors (Lipinski definition) is 11. The summed E-state index contributed by atoms with van der Waals surface area (Å²) in [7, 11) is 1.20. The average molecular weight is 799 g/mol. The van der Waals surface area contributed by atoms with Crippen molar-refractivity contribution in [1.82, 2.24) is 41.9 Å². The lowest BCUT2D eigenvalue weighted by Gasteiger charge is -2.29. The van der Waals surface area contributed by atoms with Crippen molar-refractivity contribution >= 4 is 35.5 Å². The zero-order valence-corrected chi connectivity index (χ0v) is 33.9. The summed E-state index contributed by atoms with van der Waals surface area (Å²) < 4.78 is 4.64. The highest BCUT2D eigenvalue weighted by Gasteiger charge is 2.34. The number of nitrogens with zero attached hydrogens (tertiary/aromatic N) is 1. The van der Waals surface area contributed by atoms with Gasteiger partial charge in [-0.05, 0) is 56.6 Å². The van der Waals surface area contributed by atoms with Gasteiger partial charge >= 0.3 is 5.97 Å². The molecule has 9 N–H and O–H groups in total. The van der Waals surface area contributed by atoms with E-state index >= 15 is 0 Å². The Bertz CT molecular complexity index is 1580. The minimum atomic E-state index is -1.38. The Labute approximate surface area is 334 Å². The molecule has 1 aromatic heterocycles. The Hall–Kier alpha value is -4.87. The number of ether oxygens (including phenoxy) is 1. The van der Waals surface area contributed by atoms with E-state index in [1.54, 1.807) is 0 Å². The molecule has 2 heterocycles. The number of esters is 1. The first-order chi connectivity index (χ1) is 27.1. The maximum atomic E-state index is 14.0. The van der Waals surface area contributed by atoms with Crippen LogP contribution >= 0.6 is 0 Å². The highest BCUT2D eigenvalue weighted by atomic mass is 16.5. The van der Waals surface area contributed by atoms with Crippen LogP contribution < -0.4 is 31.9 Å². The first-order valence-electron chi connectivity index (χ1n) is 19.7. The first-order valence-corrected chi connectivity index (χ1v) is 19.7. The second kappa shape index (κ2) is 23.4. The van der Waals surface area contributed by atoms with Gasteiger partial charge in [-0.15, -0.1) is 0 Å². The second-order valence-corrected chi connectivity index (χ2v) is 15.6. The molecule has 1 aliphatic rings. The monoisotopic (exact) mass is 798 g/mol. The predicted molar refractivity (Wildman–Crippen MR) is 211 cm³/mol. The Kier molecular flexibility index (Phi) is 19.1. The van der Waals surface area contributed by atoms with E-state index in [2.05, 4.69) is 46.6 Å². The molecule has 0 spiro atoms. The molecular formula is C40H62N8O9. The van der Waals surface area contributed by atoms with Crippen molar-refractivity contribution in [2.75, 3.05) is 13.7 Å². The lowest BCUT2D eigenvalue weighted by atomic mass is 9.96. The Morgan fingerprint density at radius 2 is 1.39 bits per heavy atom. The Morgan fingerprint density at radius 3 is 1.95 bits per heavy atom. The molecule has 0 saturated carbocycles. The van der Waals surface area contributed by atoms with Crippen molar-refractivity contribution in [2.24, 2.45) is 11.8 Å². The van der Waals surface area contributed by atoms with Gasteiger partial charge < -0.3 is 51.8 Å². The number of methoxy groups -OCH3 is 1. The van der Waals surface area contributed by atoms with Gasteiger partial charge in [-0.3, -0.25) is 28.8 Å².